The van der Waals surface area contributed by atoms with Crippen molar-refractivity contribution in [1.29, 1.82) is 0 Å². The molecule has 1 atom stereocenters. The van der Waals surface area contributed by atoms with E-state index in [-0.39, 0.29) is 5.92 Å². The molecule has 1 heterocycles. The fourth-order valence-electron chi connectivity index (χ4n) is 1.68. The molecule has 1 aromatic heterocycles. The van der Waals surface area contributed by atoms with Gasteiger partial charge in [-0.15, -0.1) is 0 Å². The van der Waals surface area contributed by atoms with Crippen LogP contribution in [0, 0.1) is 0 Å². The highest BCUT2D eigenvalue weighted by atomic mass is 35.5. The third-order valence-electron chi connectivity index (χ3n) is 2.41. The fourth-order valence-corrected chi connectivity index (χ4v) is 1.88. The fraction of sp³-hybridized carbons (Fsp3) is 0.250. The number of oxazole rings is 1. The number of rotatable bonds is 4. The molecule has 16 heavy (non-hydrogen) atoms. The minimum absolute atomic E-state index is 0.0960. The van der Waals surface area contributed by atoms with E-state index in [9.17, 15) is 0 Å². The predicted octanol–water partition coefficient (Wildman–Crippen LogP) is 2.68. The van der Waals surface area contributed by atoms with Crippen molar-refractivity contribution >= 4 is 11.6 Å². The van der Waals surface area contributed by atoms with Crippen LogP contribution in [0.5, 0.6) is 0 Å². The summed E-state index contributed by atoms with van der Waals surface area (Å²) in [5.41, 5.74) is 1.10. The van der Waals surface area contributed by atoms with Gasteiger partial charge in [-0.1, -0.05) is 23.7 Å². The van der Waals surface area contributed by atoms with Gasteiger partial charge in [0.05, 0.1) is 12.1 Å². The molecule has 0 aliphatic rings. The van der Waals surface area contributed by atoms with Gasteiger partial charge in [0.25, 0.3) is 0 Å². The first-order valence-corrected chi connectivity index (χ1v) is 5.48. The van der Waals surface area contributed by atoms with E-state index in [1.165, 1.54) is 0 Å². The molecule has 2 rings (SSSR count). The molecule has 1 N–H and O–H groups in total. The van der Waals surface area contributed by atoms with E-state index in [1.54, 1.807) is 12.5 Å². The molecular formula is C12H13ClN2O. The van der Waals surface area contributed by atoms with Gasteiger partial charge < -0.3 is 9.73 Å². The highest BCUT2D eigenvalue weighted by Gasteiger charge is 2.17. The van der Waals surface area contributed by atoms with E-state index in [4.69, 9.17) is 16.0 Å². The van der Waals surface area contributed by atoms with Gasteiger partial charge in [0.2, 0.25) is 5.89 Å². The Morgan fingerprint density at radius 3 is 3.00 bits per heavy atom. The van der Waals surface area contributed by atoms with Crippen molar-refractivity contribution in [2.45, 2.75) is 5.92 Å². The number of benzene rings is 1. The molecule has 84 valence electrons. The largest absolute Gasteiger partial charge is 0.448 e. The van der Waals surface area contributed by atoms with Crippen LogP contribution >= 0.6 is 11.6 Å². The predicted molar refractivity (Wildman–Crippen MR) is 63.7 cm³/mol. The Hall–Kier alpha value is -1.32. The number of hydrogen-bond donors (Lipinski definition) is 1. The summed E-state index contributed by atoms with van der Waals surface area (Å²) in [6.07, 6.45) is 3.24. The summed E-state index contributed by atoms with van der Waals surface area (Å²) in [7, 11) is 1.90. The maximum Gasteiger partial charge on any atom is 0.202 e. The van der Waals surface area contributed by atoms with Crippen LogP contribution in [0.4, 0.5) is 0 Å². The van der Waals surface area contributed by atoms with Gasteiger partial charge in [0, 0.05) is 11.6 Å². The second-order valence-electron chi connectivity index (χ2n) is 3.54. The average Bonchev–Trinajstić information content (AvgIpc) is 2.79. The lowest BCUT2D eigenvalue weighted by molar-refractivity contribution is 0.462. The summed E-state index contributed by atoms with van der Waals surface area (Å²) in [6.45, 7) is 0.765. The first kappa shape index (κ1) is 11.2. The number of nitrogens with zero attached hydrogens (tertiary/aromatic N) is 1. The first-order valence-electron chi connectivity index (χ1n) is 5.10. The van der Waals surface area contributed by atoms with Crippen LogP contribution in [0.3, 0.4) is 0 Å². The molecule has 0 spiro atoms. The molecule has 3 nitrogen and oxygen atoms in total. The summed E-state index contributed by atoms with van der Waals surface area (Å²) >= 11 is 5.98. The minimum atomic E-state index is 0.0960. The third-order valence-corrected chi connectivity index (χ3v) is 2.64. The summed E-state index contributed by atoms with van der Waals surface area (Å²) in [4.78, 5) is 4.19. The Kier molecular flexibility index (Phi) is 3.59. The van der Waals surface area contributed by atoms with Crippen molar-refractivity contribution in [1.82, 2.24) is 10.3 Å². The van der Waals surface area contributed by atoms with Crippen LogP contribution in [0.1, 0.15) is 17.4 Å². The Morgan fingerprint density at radius 1 is 1.50 bits per heavy atom. The SMILES string of the molecule is CNCC(c1cccc(Cl)c1)c1ncco1. The van der Waals surface area contributed by atoms with Gasteiger partial charge in [-0.3, -0.25) is 0 Å². The topological polar surface area (TPSA) is 38.1 Å². The first-order chi connectivity index (χ1) is 7.81. The van der Waals surface area contributed by atoms with Gasteiger partial charge in [0.1, 0.15) is 6.26 Å². The van der Waals surface area contributed by atoms with Crippen molar-refractivity contribution < 1.29 is 4.42 Å². The maximum atomic E-state index is 5.98. The monoisotopic (exact) mass is 236 g/mol. The van der Waals surface area contributed by atoms with Gasteiger partial charge in [0.15, 0.2) is 0 Å². The number of nitrogens with one attached hydrogen (secondary N) is 1. The Balaban J connectivity index is 2.33. The lowest BCUT2D eigenvalue weighted by Gasteiger charge is -2.13. The van der Waals surface area contributed by atoms with Crippen molar-refractivity contribution in [3.8, 4) is 0 Å². The molecule has 0 bridgehead atoms. The highest BCUT2D eigenvalue weighted by molar-refractivity contribution is 6.30. The van der Waals surface area contributed by atoms with E-state index in [2.05, 4.69) is 10.3 Å². The van der Waals surface area contributed by atoms with Crippen LogP contribution in [0.15, 0.2) is 41.1 Å². The molecule has 4 heteroatoms. The average molecular weight is 237 g/mol. The van der Waals surface area contributed by atoms with Crippen LogP contribution in [-0.4, -0.2) is 18.6 Å². The molecule has 0 aliphatic carbocycles. The van der Waals surface area contributed by atoms with Crippen LogP contribution in [-0.2, 0) is 0 Å². The number of hydrogen-bond acceptors (Lipinski definition) is 3. The zero-order valence-electron chi connectivity index (χ0n) is 8.98. The third kappa shape index (κ3) is 2.43. The summed E-state index contributed by atoms with van der Waals surface area (Å²) in [5, 5.41) is 3.86. The highest BCUT2D eigenvalue weighted by Crippen LogP contribution is 2.24. The summed E-state index contributed by atoms with van der Waals surface area (Å²) in [5.74, 6) is 0.801. The van der Waals surface area contributed by atoms with Gasteiger partial charge in [-0.05, 0) is 24.7 Å². The molecule has 0 aliphatic heterocycles. The summed E-state index contributed by atoms with van der Waals surface area (Å²) < 4.78 is 5.35. The second kappa shape index (κ2) is 5.14. The van der Waals surface area contributed by atoms with Crippen molar-refractivity contribution in [3.63, 3.8) is 0 Å². The van der Waals surface area contributed by atoms with Crippen LogP contribution < -0.4 is 5.32 Å². The van der Waals surface area contributed by atoms with E-state index in [0.717, 1.165) is 17.1 Å². The smallest absolute Gasteiger partial charge is 0.202 e. The van der Waals surface area contributed by atoms with Gasteiger partial charge in [-0.2, -0.15) is 0 Å². The molecule has 1 aromatic carbocycles. The molecule has 0 saturated heterocycles. The molecule has 1 unspecified atom stereocenters. The number of halogens is 1. The van der Waals surface area contributed by atoms with Crippen molar-refractivity contribution in [3.05, 3.63) is 53.2 Å². The van der Waals surface area contributed by atoms with E-state index < -0.39 is 0 Å². The Bertz CT molecular complexity index is 442. The lowest BCUT2D eigenvalue weighted by atomic mass is 9.99. The zero-order chi connectivity index (χ0) is 11.4. The molecule has 0 fully saturated rings. The normalized spacial score (nSPS) is 12.6. The van der Waals surface area contributed by atoms with E-state index in [1.807, 2.05) is 31.3 Å². The lowest BCUT2D eigenvalue weighted by Crippen LogP contribution is -2.18. The van der Waals surface area contributed by atoms with Crippen molar-refractivity contribution in [2.75, 3.05) is 13.6 Å². The van der Waals surface area contributed by atoms with Gasteiger partial charge >= 0.3 is 0 Å². The zero-order valence-corrected chi connectivity index (χ0v) is 9.74. The number of aromatic nitrogens is 1. The van der Waals surface area contributed by atoms with Crippen LogP contribution in [0.2, 0.25) is 5.02 Å². The maximum absolute atomic E-state index is 5.98. The quantitative estimate of drug-likeness (QED) is 0.887. The number of likely N-dealkylation sites (N-methyl/N-ethyl adjacent to an activating group) is 1. The Morgan fingerprint density at radius 2 is 2.38 bits per heavy atom. The van der Waals surface area contributed by atoms with Crippen molar-refractivity contribution in [2.24, 2.45) is 0 Å². The molecule has 0 radical (unpaired) electrons. The molecule has 2 aromatic rings. The second-order valence-corrected chi connectivity index (χ2v) is 3.97. The molecule has 0 saturated carbocycles. The van der Waals surface area contributed by atoms with E-state index in [0.29, 0.717) is 5.89 Å². The Labute approximate surface area is 99.5 Å². The minimum Gasteiger partial charge on any atom is -0.448 e. The van der Waals surface area contributed by atoms with Crippen LogP contribution in [0.25, 0.3) is 0 Å². The van der Waals surface area contributed by atoms with E-state index >= 15 is 0 Å². The summed E-state index contributed by atoms with van der Waals surface area (Å²) in [6, 6.07) is 7.76. The molecule has 0 amide bonds. The molecular weight excluding hydrogens is 224 g/mol. The van der Waals surface area contributed by atoms with Gasteiger partial charge in [-0.25, -0.2) is 4.98 Å². The standard InChI is InChI=1S/C12H13ClN2O/c1-14-8-11(12-15-5-6-16-12)9-3-2-4-10(13)7-9/h2-7,11,14H,8H2,1H3.